The second kappa shape index (κ2) is 10.5. The van der Waals surface area contributed by atoms with Gasteiger partial charge in [-0.05, 0) is 49.2 Å². The number of esters is 1. The number of hydrogen-bond acceptors (Lipinski definition) is 4. The highest BCUT2D eigenvalue weighted by atomic mass is 35.5. The lowest BCUT2D eigenvalue weighted by Gasteiger charge is -2.09. The lowest BCUT2D eigenvalue weighted by Crippen LogP contribution is -2.25. The zero-order chi connectivity index (χ0) is 18.8. The molecule has 0 heterocycles. The van der Waals surface area contributed by atoms with E-state index >= 15 is 0 Å². The van der Waals surface area contributed by atoms with Crippen molar-refractivity contribution in [3.8, 4) is 5.75 Å². The van der Waals surface area contributed by atoms with E-state index < -0.39 is 0 Å². The molecule has 2 rings (SSSR count). The van der Waals surface area contributed by atoms with Gasteiger partial charge in [0, 0.05) is 23.6 Å². The van der Waals surface area contributed by atoms with Crippen LogP contribution in [0, 0.1) is 0 Å². The van der Waals surface area contributed by atoms with Gasteiger partial charge >= 0.3 is 5.97 Å². The zero-order valence-corrected chi connectivity index (χ0v) is 15.4. The average Bonchev–Trinajstić information content (AvgIpc) is 2.64. The highest BCUT2D eigenvalue weighted by Gasteiger charge is 2.08. The molecule has 1 amide bonds. The molecule has 2 aromatic rings. The van der Waals surface area contributed by atoms with Crippen molar-refractivity contribution in [1.82, 2.24) is 5.32 Å². The lowest BCUT2D eigenvalue weighted by molar-refractivity contribution is -0.143. The molecule has 0 saturated carbocycles. The number of rotatable bonds is 9. The highest BCUT2D eigenvalue weighted by molar-refractivity contribution is 6.30. The van der Waals surface area contributed by atoms with Crippen molar-refractivity contribution in [2.24, 2.45) is 0 Å². The summed E-state index contributed by atoms with van der Waals surface area (Å²) < 4.78 is 10.6. The van der Waals surface area contributed by atoms with Crippen molar-refractivity contribution in [2.75, 3.05) is 13.2 Å². The molecule has 2 aromatic carbocycles. The van der Waals surface area contributed by atoms with Gasteiger partial charge in [-0.25, -0.2) is 0 Å². The fourth-order valence-electron chi connectivity index (χ4n) is 2.29. The first-order chi connectivity index (χ1) is 12.6. The summed E-state index contributed by atoms with van der Waals surface area (Å²) in [5.74, 6) is 0.143. The number of benzene rings is 2. The SMILES string of the molecule is CCOC(=O)CCCNC(=O)c1cccc(OCc2cccc(Cl)c2)c1. The summed E-state index contributed by atoms with van der Waals surface area (Å²) in [6.07, 6.45) is 0.826. The minimum atomic E-state index is -0.252. The van der Waals surface area contributed by atoms with Gasteiger partial charge in [0.15, 0.2) is 0 Å². The summed E-state index contributed by atoms with van der Waals surface area (Å²) in [6.45, 7) is 2.91. The van der Waals surface area contributed by atoms with Crippen LogP contribution in [-0.4, -0.2) is 25.0 Å². The Morgan fingerprint density at radius 1 is 1.12 bits per heavy atom. The van der Waals surface area contributed by atoms with E-state index in [4.69, 9.17) is 21.1 Å². The molecule has 26 heavy (non-hydrogen) atoms. The molecule has 0 aliphatic rings. The number of halogens is 1. The van der Waals surface area contributed by atoms with Crippen LogP contribution in [0.5, 0.6) is 5.75 Å². The Morgan fingerprint density at radius 2 is 1.92 bits per heavy atom. The van der Waals surface area contributed by atoms with Crippen LogP contribution in [-0.2, 0) is 16.1 Å². The molecule has 0 aromatic heterocycles. The van der Waals surface area contributed by atoms with Crippen LogP contribution in [0.3, 0.4) is 0 Å². The third kappa shape index (κ3) is 6.76. The molecule has 0 fully saturated rings. The van der Waals surface area contributed by atoms with E-state index in [9.17, 15) is 9.59 Å². The molecule has 0 atom stereocenters. The molecule has 0 bridgehead atoms. The van der Waals surface area contributed by atoms with E-state index in [0.717, 1.165) is 5.56 Å². The van der Waals surface area contributed by atoms with E-state index in [2.05, 4.69) is 5.32 Å². The maximum Gasteiger partial charge on any atom is 0.305 e. The molecule has 0 aliphatic heterocycles. The van der Waals surface area contributed by atoms with Crippen LogP contribution >= 0.6 is 11.6 Å². The Morgan fingerprint density at radius 3 is 2.69 bits per heavy atom. The molecule has 138 valence electrons. The van der Waals surface area contributed by atoms with Crippen LogP contribution in [0.15, 0.2) is 48.5 Å². The summed E-state index contributed by atoms with van der Waals surface area (Å²) in [5.41, 5.74) is 1.45. The van der Waals surface area contributed by atoms with E-state index in [1.165, 1.54) is 0 Å². The standard InChI is InChI=1S/C20H22ClNO4/c1-2-25-19(23)10-5-11-22-20(24)16-7-4-9-18(13-16)26-14-15-6-3-8-17(21)12-15/h3-4,6-9,12-13H,2,5,10-11,14H2,1H3,(H,22,24). The first-order valence-corrected chi connectivity index (χ1v) is 8.87. The monoisotopic (exact) mass is 375 g/mol. The van der Waals surface area contributed by atoms with Crippen molar-refractivity contribution in [3.05, 3.63) is 64.7 Å². The van der Waals surface area contributed by atoms with Crippen molar-refractivity contribution in [1.29, 1.82) is 0 Å². The molecular weight excluding hydrogens is 354 g/mol. The third-order valence-electron chi connectivity index (χ3n) is 3.54. The summed E-state index contributed by atoms with van der Waals surface area (Å²) in [4.78, 5) is 23.4. The van der Waals surface area contributed by atoms with Crippen LogP contribution in [0.4, 0.5) is 0 Å². The predicted molar refractivity (Wildman–Crippen MR) is 100 cm³/mol. The minimum absolute atomic E-state index is 0.206. The third-order valence-corrected chi connectivity index (χ3v) is 3.77. The average molecular weight is 376 g/mol. The summed E-state index contributed by atoms with van der Waals surface area (Å²) in [5, 5.41) is 3.44. The maximum atomic E-state index is 12.2. The maximum absolute atomic E-state index is 12.2. The van der Waals surface area contributed by atoms with Crippen LogP contribution in [0.25, 0.3) is 0 Å². The molecule has 6 heteroatoms. The van der Waals surface area contributed by atoms with Crippen molar-refractivity contribution in [2.45, 2.75) is 26.4 Å². The topological polar surface area (TPSA) is 64.6 Å². The number of amides is 1. The minimum Gasteiger partial charge on any atom is -0.489 e. The number of carbonyl (C=O) groups is 2. The molecule has 5 nitrogen and oxygen atoms in total. The molecule has 0 radical (unpaired) electrons. The fraction of sp³-hybridized carbons (Fsp3) is 0.300. The number of ether oxygens (including phenoxy) is 2. The quantitative estimate of drug-likeness (QED) is 0.531. The van der Waals surface area contributed by atoms with Crippen LogP contribution < -0.4 is 10.1 Å². The van der Waals surface area contributed by atoms with Gasteiger partial charge < -0.3 is 14.8 Å². The molecule has 0 unspecified atom stereocenters. The summed E-state index contributed by atoms with van der Waals surface area (Å²) in [7, 11) is 0. The van der Waals surface area contributed by atoms with Gasteiger partial charge in [-0.15, -0.1) is 0 Å². The summed E-state index contributed by atoms with van der Waals surface area (Å²) >= 11 is 5.95. The second-order valence-electron chi connectivity index (χ2n) is 5.61. The van der Waals surface area contributed by atoms with Gasteiger partial charge in [-0.3, -0.25) is 9.59 Å². The number of nitrogens with one attached hydrogen (secondary N) is 1. The van der Waals surface area contributed by atoms with Crippen LogP contribution in [0.1, 0.15) is 35.7 Å². The van der Waals surface area contributed by atoms with Gasteiger partial charge in [-0.1, -0.05) is 29.8 Å². The van der Waals surface area contributed by atoms with E-state index in [-0.39, 0.29) is 18.3 Å². The molecule has 0 saturated heterocycles. The smallest absolute Gasteiger partial charge is 0.305 e. The molecule has 1 N–H and O–H groups in total. The van der Waals surface area contributed by atoms with Gasteiger partial charge in [0.1, 0.15) is 12.4 Å². The molecule has 0 aliphatic carbocycles. The van der Waals surface area contributed by atoms with Crippen molar-refractivity contribution < 1.29 is 19.1 Å². The Kier molecular flexibility index (Phi) is 7.96. The zero-order valence-electron chi connectivity index (χ0n) is 14.7. The van der Waals surface area contributed by atoms with Crippen molar-refractivity contribution in [3.63, 3.8) is 0 Å². The largest absolute Gasteiger partial charge is 0.489 e. The first kappa shape index (κ1) is 19.8. The number of carbonyl (C=O) groups excluding carboxylic acids is 2. The lowest BCUT2D eigenvalue weighted by atomic mass is 10.2. The van der Waals surface area contributed by atoms with E-state index in [1.54, 1.807) is 37.3 Å². The van der Waals surface area contributed by atoms with Crippen molar-refractivity contribution >= 4 is 23.5 Å². The Labute approximate surface area is 158 Å². The van der Waals surface area contributed by atoms with Gasteiger partial charge in [-0.2, -0.15) is 0 Å². The van der Waals surface area contributed by atoms with Gasteiger partial charge in [0.25, 0.3) is 5.91 Å². The van der Waals surface area contributed by atoms with Gasteiger partial charge in [0.2, 0.25) is 0 Å². The fourth-order valence-corrected chi connectivity index (χ4v) is 2.50. The number of hydrogen-bond donors (Lipinski definition) is 1. The van der Waals surface area contributed by atoms with E-state index in [0.29, 0.717) is 42.5 Å². The first-order valence-electron chi connectivity index (χ1n) is 8.49. The summed E-state index contributed by atoms with van der Waals surface area (Å²) in [6, 6.07) is 14.4. The van der Waals surface area contributed by atoms with Gasteiger partial charge in [0.05, 0.1) is 6.61 Å². The Bertz CT molecular complexity index is 748. The Balaban J connectivity index is 1.81. The Hall–Kier alpha value is -2.53. The van der Waals surface area contributed by atoms with E-state index in [1.807, 2.05) is 18.2 Å². The molecule has 0 spiro atoms. The highest BCUT2D eigenvalue weighted by Crippen LogP contribution is 2.17. The molecular formula is C20H22ClNO4. The predicted octanol–water partition coefficient (Wildman–Crippen LogP) is 3.99. The van der Waals surface area contributed by atoms with Crippen LogP contribution in [0.2, 0.25) is 5.02 Å². The normalized spacial score (nSPS) is 10.2. The second-order valence-corrected chi connectivity index (χ2v) is 6.05.